The maximum Gasteiger partial charge on any atom is 0.262 e. The van der Waals surface area contributed by atoms with Crippen LogP contribution in [0, 0.1) is 5.92 Å². The van der Waals surface area contributed by atoms with Crippen LogP contribution < -0.4 is 5.32 Å². The number of nitrogens with one attached hydrogen (secondary N) is 1. The van der Waals surface area contributed by atoms with Gasteiger partial charge in [0.2, 0.25) is 5.91 Å². The first kappa shape index (κ1) is 19.4. The second-order valence-electron chi connectivity index (χ2n) is 8.32. The summed E-state index contributed by atoms with van der Waals surface area (Å²) in [7, 11) is 0. The van der Waals surface area contributed by atoms with E-state index in [1.165, 1.54) is 5.56 Å². The lowest BCUT2D eigenvalue weighted by Crippen LogP contribution is -2.51. The molecule has 0 saturated carbocycles. The van der Waals surface area contributed by atoms with E-state index in [4.69, 9.17) is 0 Å². The lowest BCUT2D eigenvalue weighted by molar-refractivity contribution is -0.126. The van der Waals surface area contributed by atoms with Crippen LogP contribution in [0.3, 0.4) is 0 Å². The van der Waals surface area contributed by atoms with Gasteiger partial charge < -0.3 is 5.32 Å². The number of rotatable bonds is 5. The van der Waals surface area contributed by atoms with Crippen LogP contribution in [0.1, 0.15) is 71.0 Å². The van der Waals surface area contributed by atoms with E-state index in [0.29, 0.717) is 17.5 Å². The monoisotopic (exact) mass is 390 g/mol. The molecule has 2 aromatic rings. The Labute approximate surface area is 171 Å². The molecule has 150 valence electrons. The van der Waals surface area contributed by atoms with Crippen LogP contribution in [-0.2, 0) is 11.2 Å². The lowest BCUT2D eigenvalue weighted by Gasteiger charge is -2.31. The molecule has 0 saturated heterocycles. The van der Waals surface area contributed by atoms with E-state index in [2.05, 4.69) is 17.4 Å². The fourth-order valence-electron chi connectivity index (χ4n) is 4.44. The topological polar surface area (TPSA) is 66.5 Å². The number of nitrogens with zero attached hydrogens (tertiary/aromatic N) is 1. The van der Waals surface area contributed by atoms with E-state index >= 15 is 0 Å². The third-order valence-electron chi connectivity index (χ3n) is 5.82. The summed E-state index contributed by atoms with van der Waals surface area (Å²) in [6.45, 7) is 3.99. The number of fused-ring (bicyclic) bond motifs is 2. The zero-order valence-electron chi connectivity index (χ0n) is 16.9. The number of hydrogen-bond acceptors (Lipinski definition) is 3. The predicted octanol–water partition coefficient (Wildman–Crippen LogP) is 3.89. The third-order valence-corrected chi connectivity index (χ3v) is 5.82. The molecule has 2 aromatic carbocycles. The summed E-state index contributed by atoms with van der Waals surface area (Å²) in [6, 6.07) is 14.0. The molecule has 1 aliphatic heterocycles. The van der Waals surface area contributed by atoms with Gasteiger partial charge in [0, 0.05) is 0 Å². The van der Waals surface area contributed by atoms with Gasteiger partial charge in [-0.2, -0.15) is 0 Å². The van der Waals surface area contributed by atoms with Crippen LogP contribution in [0.4, 0.5) is 0 Å². The largest absolute Gasteiger partial charge is 0.347 e. The smallest absolute Gasteiger partial charge is 0.262 e. The highest BCUT2D eigenvalue weighted by atomic mass is 16.2. The first-order valence-corrected chi connectivity index (χ1v) is 10.3. The van der Waals surface area contributed by atoms with Crippen LogP contribution in [0.5, 0.6) is 0 Å². The first-order chi connectivity index (χ1) is 14.0. The molecule has 1 N–H and O–H groups in total. The molecule has 2 atom stereocenters. The van der Waals surface area contributed by atoms with Crippen molar-refractivity contribution in [3.63, 3.8) is 0 Å². The van der Waals surface area contributed by atoms with E-state index in [1.807, 2.05) is 26.0 Å². The van der Waals surface area contributed by atoms with Crippen LogP contribution in [0.15, 0.2) is 48.5 Å². The molecule has 0 spiro atoms. The SMILES string of the molecule is CC(C)C[C@@H](C(=O)N[C@H]1CCCc2ccccc21)N1C(=O)c2ccccc2C1=O. The van der Waals surface area contributed by atoms with Crippen molar-refractivity contribution in [3.8, 4) is 0 Å². The molecule has 0 radical (unpaired) electrons. The molecular formula is C24H26N2O3. The Balaban J connectivity index is 1.61. The Kier molecular flexibility index (Phi) is 5.22. The molecule has 2 aliphatic rings. The van der Waals surface area contributed by atoms with Gasteiger partial charge in [-0.05, 0) is 54.9 Å². The minimum absolute atomic E-state index is 0.0858. The molecule has 0 fully saturated rings. The molecule has 0 aromatic heterocycles. The van der Waals surface area contributed by atoms with Crippen molar-refractivity contribution in [3.05, 3.63) is 70.8 Å². The van der Waals surface area contributed by atoms with Gasteiger partial charge in [0.1, 0.15) is 6.04 Å². The minimum atomic E-state index is -0.809. The minimum Gasteiger partial charge on any atom is -0.347 e. The maximum absolute atomic E-state index is 13.3. The molecule has 4 rings (SSSR count). The molecule has 5 nitrogen and oxygen atoms in total. The third kappa shape index (κ3) is 3.57. The summed E-state index contributed by atoms with van der Waals surface area (Å²) in [5.41, 5.74) is 3.15. The molecule has 0 unspecified atom stereocenters. The van der Waals surface area contributed by atoms with Gasteiger partial charge in [0.25, 0.3) is 11.8 Å². The van der Waals surface area contributed by atoms with Gasteiger partial charge in [-0.25, -0.2) is 0 Å². The molecule has 29 heavy (non-hydrogen) atoms. The Morgan fingerprint density at radius 3 is 2.31 bits per heavy atom. The zero-order valence-corrected chi connectivity index (χ0v) is 16.9. The number of aryl methyl sites for hydroxylation is 1. The normalized spacial score (nSPS) is 19.1. The van der Waals surface area contributed by atoms with Crippen LogP contribution in [0.25, 0.3) is 0 Å². The summed E-state index contributed by atoms with van der Waals surface area (Å²) in [4.78, 5) is 40.4. The van der Waals surface area contributed by atoms with Crippen molar-refractivity contribution in [2.24, 2.45) is 5.92 Å². The van der Waals surface area contributed by atoms with Crippen molar-refractivity contribution < 1.29 is 14.4 Å². The van der Waals surface area contributed by atoms with E-state index in [-0.39, 0.29) is 29.7 Å². The summed E-state index contributed by atoms with van der Waals surface area (Å²) >= 11 is 0. The van der Waals surface area contributed by atoms with E-state index < -0.39 is 6.04 Å². The number of imide groups is 1. The highest BCUT2D eigenvalue weighted by Crippen LogP contribution is 2.31. The number of hydrogen-bond donors (Lipinski definition) is 1. The van der Waals surface area contributed by atoms with Gasteiger partial charge in [0.05, 0.1) is 17.2 Å². The fourth-order valence-corrected chi connectivity index (χ4v) is 4.44. The summed E-state index contributed by atoms with van der Waals surface area (Å²) in [5.74, 6) is -0.852. The molecule has 0 bridgehead atoms. The molecule has 1 heterocycles. The van der Waals surface area contributed by atoms with Crippen molar-refractivity contribution in [2.75, 3.05) is 0 Å². The van der Waals surface area contributed by atoms with Gasteiger partial charge in [-0.15, -0.1) is 0 Å². The second kappa shape index (κ2) is 7.82. The Hall–Kier alpha value is -2.95. The summed E-state index contributed by atoms with van der Waals surface area (Å²) in [5, 5.41) is 3.14. The predicted molar refractivity (Wildman–Crippen MR) is 110 cm³/mol. The number of carbonyl (C=O) groups is 3. The zero-order chi connectivity index (χ0) is 20.5. The van der Waals surface area contributed by atoms with E-state index in [9.17, 15) is 14.4 Å². The van der Waals surface area contributed by atoms with Crippen molar-refractivity contribution in [1.29, 1.82) is 0 Å². The van der Waals surface area contributed by atoms with Crippen molar-refractivity contribution >= 4 is 17.7 Å². The summed E-state index contributed by atoms with van der Waals surface area (Å²) in [6.07, 6.45) is 3.31. The standard InChI is InChI=1S/C24H26N2O3/c1-15(2)14-21(26-23(28)18-11-5-6-12-19(18)24(26)29)22(27)25-20-13-7-9-16-8-3-4-10-17(16)20/h3-6,8,10-12,15,20-21H,7,9,13-14H2,1-2H3,(H,25,27)/t20-,21-/m0/s1. The number of carbonyl (C=O) groups excluding carboxylic acids is 3. The molecular weight excluding hydrogens is 364 g/mol. The van der Waals surface area contributed by atoms with Gasteiger partial charge in [-0.3, -0.25) is 19.3 Å². The molecule has 1 aliphatic carbocycles. The quantitative estimate of drug-likeness (QED) is 0.788. The van der Waals surface area contributed by atoms with E-state index in [1.54, 1.807) is 24.3 Å². The van der Waals surface area contributed by atoms with Crippen molar-refractivity contribution in [1.82, 2.24) is 10.2 Å². The second-order valence-corrected chi connectivity index (χ2v) is 8.32. The highest BCUT2D eigenvalue weighted by molar-refractivity contribution is 6.22. The van der Waals surface area contributed by atoms with Crippen LogP contribution >= 0.6 is 0 Å². The average molecular weight is 390 g/mol. The first-order valence-electron chi connectivity index (χ1n) is 10.3. The van der Waals surface area contributed by atoms with E-state index in [0.717, 1.165) is 29.7 Å². The van der Waals surface area contributed by atoms with Crippen molar-refractivity contribution in [2.45, 2.75) is 51.6 Å². The number of benzene rings is 2. The Morgan fingerprint density at radius 1 is 1.03 bits per heavy atom. The number of amides is 3. The summed E-state index contributed by atoms with van der Waals surface area (Å²) < 4.78 is 0. The maximum atomic E-state index is 13.3. The Bertz CT molecular complexity index is 931. The van der Waals surface area contributed by atoms with Gasteiger partial charge in [-0.1, -0.05) is 50.2 Å². The van der Waals surface area contributed by atoms with Gasteiger partial charge in [0.15, 0.2) is 0 Å². The lowest BCUT2D eigenvalue weighted by atomic mass is 9.87. The van der Waals surface area contributed by atoms with Crippen LogP contribution in [0.2, 0.25) is 0 Å². The molecule has 5 heteroatoms. The highest BCUT2D eigenvalue weighted by Gasteiger charge is 2.43. The Morgan fingerprint density at radius 2 is 1.66 bits per heavy atom. The fraction of sp³-hybridized carbons (Fsp3) is 0.375. The van der Waals surface area contributed by atoms with Gasteiger partial charge >= 0.3 is 0 Å². The molecule has 3 amide bonds. The van der Waals surface area contributed by atoms with Crippen LogP contribution in [-0.4, -0.2) is 28.7 Å². The average Bonchev–Trinajstić information content (AvgIpc) is 2.97.